The van der Waals surface area contributed by atoms with Gasteiger partial charge in [-0.3, -0.25) is 4.79 Å². The van der Waals surface area contributed by atoms with Gasteiger partial charge in [-0.15, -0.1) is 0 Å². The lowest BCUT2D eigenvalue weighted by atomic mass is 9.62. The molecule has 1 spiro atoms. The van der Waals surface area contributed by atoms with Gasteiger partial charge < -0.3 is 19.4 Å². The zero-order chi connectivity index (χ0) is 27.7. The number of piperazine rings is 1. The Hall–Kier alpha value is -3.44. The number of carbonyl (C=O) groups excluding carboxylic acids is 1. The molecule has 0 N–H and O–H groups in total. The summed E-state index contributed by atoms with van der Waals surface area (Å²) in [6.07, 6.45) is 10.4. The van der Waals surface area contributed by atoms with Crippen LogP contribution in [0.1, 0.15) is 60.9 Å². The van der Waals surface area contributed by atoms with Gasteiger partial charge in [-0.1, -0.05) is 30.8 Å². The fourth-order valence-corrected chi connectivity index (χ4v) is 7.54. The van der Waals surface area contributed by atoms with E-state index in [0.29, 0.717) is 38.3 Å². The second-order valence-corrected chi connectivity index (χ2v) is 12.0. The van der Waals surface area contributed by atoms with Crippen LogP contribution in [-0.2, 0) is 29.5 Å². The largest absolute Gasteiger partial charge is 0.462 e. The zero-order valence-corrected chi connectivity index (χ0v) is 23.6. The molecule has 2 saturated heterocycles. The van der Waals surface area contributed by atoms with Gasteiger partial charge in [0.2, 0.25) is 5.91 Å². The minimum absolute atomic E-state index is 0.106. The van der Waals surface area contributed by atoms with Crippen molar-refractivity contribution in [3.05, 3.63) is 59.3 Å². The third-order valence-corrected chi connectivity index (χ3v) is 9.74. The first-order valence-electron chi connectivity index (χ1n) is 14.9. The highest BCUT2D eigenvalue weighted by atomic mass is 16.5. The molecule has 1 aromatic carbocycles. The maximum Gasteiger partial charge on any atom is 0.318 e. The smallest absolute Gasteiger partial charge is 0.318 e. The van der Waals surface area contributed by atoms with Gasteiger partial charge in [-0.25, -0.2) is 0 Å². The quantitative estimate of drug-likeness (QED) is 0.515. The van der Waals surface area contributed by atoms with Crippen molar-refractivity contribution >= 4 is 11.7 Å². The Labute approximate surface area is 237 Å². The molecule has 3 heterocycles. The van der Waals surface area contributed by atoms with Crippen molar-refractivity contribution in [2.45, 2.75) is 75.3 Å². The van der Waals surface area contributed by atoms with Gasteiger partial charge >= 0.3 is 6.01 Å². The lowest BCUT2D eigenvalue weighted by Crippen LogP contribution is -2.55. The van der Waals surface area contributed by atoms with Crippen molar-refractivity contribution in [3.63, 3.8) is 0 Å². The average Bonchev–Trinajstić information content (AvgIpc) is 3.40. The standard InChI is InChI=1S/C32H40N6O2/c1-3-29(39)38-19-18-37(21-24(38)13-16-33)30-26-12-15-32(14-6-9-23-8-4-5-11-27(23)32)20-28(26)34-31(35-30)40-22-25-10-7-17-36(25)2/h3-5,8,11,24-25H,1,6-7,9-10,12-15,17-22H2,2H3/t24-,25?,32?/m1/s1. The summed E-state index contributed by atoms with van der Waals surface area (Å²) in [6, 6.07) is 11.9. The number of benzene rings is 1. The van der Waals surface area contributed by atoms with Crippen LogP contribution in [0.15, 0.2) is 36.9 Å². The van der Waals surface area contributed by atoms with Crippen LogP contribution in [0.5, 0.6) is 6.01 Å². The Bertz CT molecular complexity index is 1320. The van der Waals surface area contributed by atoms with E-state index in [4.69, 9.17) is 14.7 Å². The molecule has 0 saturated carbocycles. The molecule has 8 heteroatoms. The highest BCUT2D eigenvalue weighted by Crippen LogP contribution is 2.47. The molecule has 6 rings (SSSR count). The number of likely N-dealkylation sites (N-methyl/N-ethyl adjacent to an activating group) is 1. The van der Waals surface area contributed by atoms with E-state index in [0.717, 1.165) is 50.2 Å². The first-order valence-corrected chi connectivity index (χ1v) is 14.9. The number of aryl methyl sites for hydroxylation is 1. The van der Waals surface area contributed by atoms with Crippen molar-refractivity contribution in [1.29, 1.82) is 5.26 Å². The summed E-state index contributed by atoms with van der Waals surface area (Å²) in [5.41, 5.74) is 5.39. The van der Waals surface area contributed by atoms with Crippen LogP contribution in [0.4, 0.5) is 5.82 Å². The highest BCUT2D eigenvalue weighted by molar-refractivity contribution is 5.87. The first kappa shape index (κ1) is 26.8. The monoisotopic (exact) mass is 540 g/mol. The number of hydrogen-bond acceptors (Lipinski definition) is 7. The lowest BCUT2D eigenvalue weighted by Gasteiger charge is -2.44. The molecule has 1 aromatic heterocycles. The molecule has 2 fully saturated rings. The van der Waals surface area contributed by atoms with Crippen molar-refractivity contribution < 1.29 is 9.53 Å². The lowest BCUT2D eigenvalue weighted by molar-refractivity contribution is -0.128. The molecule has 8 nitrogen and oxygen atoms in total. The number of amides is 1. The van der Waals surface area contributed by atoms with E-state index >= 15 is 0 Å². The summed E-state index contributed by atoms with van der Waals surface area (Å²) in [7, 11) is 2.16. The number of rotatable bonds is 6. The van der Waals surface area contributed by atoms with Gasteiger partial charge in [0.15, 0.2) is 0 Å². The number of ether oxygens (including phenoxy) is 1. The summed E-state index contributed by atoms with van der Waals surface area (Å²) in [5, 5.41) is 9.52. The molecule has 2 aromatic rings. The molecule has 2 aliphatic heterocycles. The van der Waals surface area contributed by atoms with Crippen LogP contribution in [0.2, 0.25) is 0 Å². The Kier molecular flexibility index (Phi) is 7.50. The van der Waals surface area contributed by atoms with E-state index in [1.165, 1.54) is 42.0 Å². The minimum atomic E-state index is -0.202. The van der Waals surface area contributed by atoms with E-state index in [1.807, 2.05) is 0 Å². The molecule has 2 unspecified atom stereocenters. The molecule has 2 aliphatic carbocycles. The predicted octanol–water partition coefficient (Wildman–Crippen LogP) is 3.83. The summed E-state index contributed by atoms with van der Waals surface area (Å²) in [6.45, 7) is 7.11. The van der Waals surface area contributed by atoms with Crippen LogP contribution in [0.3, 0.4) is 0 Å². The Morgan fingerprint density at radius 2 is 2.05 bits per heavy atom. The maximum absolute atomic E-state index is 12.5. The fraction of sp³-hybridized carbons (Fsp3) is 0.562. The normalized spacial score (nSPS) is 26.2. The van der Waals surface area contributed by atoms with Gasteiger partial charge in [0.25, 0.3) is 0 Å². The van der Waals surface area contributed by atoms with Crippen molar-refractivity contribution in [2.24, 2.45) is 0 Å². The van der Waals surface area contributed by atoms with E-state index in [1.54, 1.807) is 4.90 Å². The van der Waals surface area contributed by atoms with Crippen LogP contribution < -0.4 is 9.64 Å². The topological polar surface area (TPSA) is 85.6 Å². The van der Waals surface area contributed by atoms with Gasteiger partial charge in [0.1, 0.15) is 12.4 Å². The van der Waals surface area contributed by atoms with Crippen LogP contribution in [-0.4, -0.2) is 77.6 Å². The van der Waals surface area contributed by atoms with E-state index in [9.17, 15) is 10.1 Å². The number of aromatic nitrogens is 2. The first-order chi connectivity index (χ1) is 19.5. The number of nitrogens with zero attached hydrogens (tertiary/aromatic N) is 6. The number of anilines is 1. The molecule has 0 bridgehead atoms. The maximum atomic E-state index is 12.5. The number of hydrogen-bond donors (Lipinski definition) is 0. The molecule has 4 aliphatic rings. The molecule has 40 heavy (non-hydrogen) atoms. The van der Waals surface area contributed by atoms with E-state index in [2.05, 4.69) is 53.8 Å². The second-order valence-electron chi connectivity index (χ2n) is 12.0. The summed E-state index contributed by atoms with van der Waals surface area (Å²) in [5.74, 6) is 0.805. The Balaban J connectivity index is 1.34. The second kappa shape index (κ2) is 11.2. The van der Waals surface area contributed by atoms with E-state index < -0.39 is 0 Å². The minimum Gasteiger partial charge on any atom is -0.462 e. The van der Waals surface area contributed by atoms with Gasteiger partial charge in [0, 0.05) is 36.7 Å². The Morgan fingerprint density at radius 3 is 2.85 bits per heavy atom. The average molecular weight is 541 g/mol. The van der Waals surface area contributed by atoms with Crippen molar-refractivity contribution in [3.8, 4) is 12.1 Å². The molecule has 3 atom stereocenters. The Morgan fingerprint density at radius 1 is 1.18 bits per heavy atom. The zero-order valence-electron chi connectivity index (χ0n) is 23.6. The van der Waals surface area contributed by atoms with Crippen LogP contribution in [0, 0.1) is 11.3 Å². The van der Waals surface area contributed by atoms with Gasteiger partial charge in [0.05, 0.1) is 24.2 Å². The number of likely N-dealkylation sites (tertiary alicyclic amines) is 1. The fourth-order valence-electron chi connectivity index (χ4n) is 7.54. The van der Waals surface area contributed by atoms with Gasteiger partial charge in [-0.2, -0.15) is 15.2 Å². The summed E-state index contributed by atoms with van der Waals surface area (Å²) < 4.78 is 6.33. The number of carbonyl (C=O) groups is 1. The van der Waals surface area contributed by atoms with Crippen molar-refractivity contribution in [1.82, 2.24) is 19.8 Å². The number of fused-ring (bicyclic) bond motifs is 3. The predicted molar refractivity (Wildman–Crippen MR) is 154 cm³/mol. The van der Waals surface area contributed by atoms with Crippen LogP contribution in [0.25, 0.3) is 0 Å². The molecular weight excluding hydrogens is 500 g/mol. The van der Waals surface area contributed by atoms with Crippen LogP contribution >= 0.6 is 0 Å². The highest BCUT2D eigenvalue weighted by Gasteiger charge is 2.42. The SMILES string of the molecule is C=CC(=O)N1CCN(c2nc(OCC3CCCN3C)nc3c2CCC2(CCCc4ccccc42)C3)C[C@H]1CC#N. The van der Waals surface area contributed by atoms with Gasteiger partial charge in [-0.05, 0) is 82.2 Å². The molecule has 210 valence electrons. The molecular formula is C32H40N6O2. The third-order valence-electron chi connectivity index (χ3n) is 9.74. The van der Waals surface area contributed by atoms with E-state index in [-0.39, 0.29) is 23.8 Å². The number of nitriles is 1. The third kappa shape index (κ3) is 4.96. The summed E-state index contributed by atoms with van der Waals surface area (Å²) in [4.78, 5) is 29.0. The molecule has 1 amide bonds. The molecule has 0 radical (unpaired) electrons. The van der Waals surface area contributed by atoms with Crippen molar-refractivity contribution in [2.75, 3.05) is 44.7 Å². The summed E-state index contributed by atoms with van der Waals surface area (Å²) >= 11 is 0.